The quantitative estimate of drug-likeness (QED) is 0.668. The lowest BCUT2D eigenvalue weighted by Crippen LogP contribution is -2.21. The first-order chi connectivity index (χ1) is 10.9. The standard InChI is InChI=1S/C18H16F2N2O/c1-10(2)13-9-22(15-8-11(3)4-6-14(15)19)18(23)12-5-7-16(20)21-17(12)13/h4-10H,1-3H3. The van der Waals surface area contributed by atoms with Gasteiger partial charge in [0.05, 0.1) is 16.6 Å². The number of aryl methyl sites for hydroxylation is 1. The van der Waals surface area contributed by atoms with Gasteiger partial charge in [-0.1, -0.05) is 19.9 Å². The molecule has 5 heteroatoms. The molecule has 3 aromatic rings. The average molecular weight is 314 g/mol. The van der Waals surface area contributed by atoms with E-state index in [-0.39, 0.29) is 17.0 Å². The Balaban J connectivity index is 2.43. The summed E-state index contributed by atoms with van der Waals surface area (Å²) in [5.74, 6) is -1.12. The lowest BCUT2D eigenvalue weighted by molar-refractivity contribution is 0.588. The number of fused-ring (bicyclic) bond motifs is 1. The highest BCUT2D eigenvalue weighted by Gasteiger charge is 2.16. The lowest BCUT2D eigenvalue weighted by atomic mass is 10.0. The molecule has 2 aromatic heterocycles. The molecule has 0 amide bonds. The summed E-state index contributed by atoms with van der Waals surface area (Å²) in [5, 5.41) is 0.276. The summed E-state index contributed by atoms with van der Waals surface area (Å²) in [6, 6.07) is 7.13. The molecule has 0 N–H and O–H groups in total. The van der Waals surface area contributed by atoms with Crippen molar-refractivity contribution in [3.63, 3.8) is 0 Å². The second-order valence-corrected chi connectivity index (χ2v) is 5.90. The molecule has 1 aromatic carbocycles. The van der Waals surface area contributed by atoms with Crippen molar-refractivity contribution in [1.29, 1.82) is 0 Å². The maximum atomic E-state index is 14.2. The molecule has 2 heterocycles. The minimum atomic E-state index is -0.640. The van der Waals surface area contributed by atoms with E-state index >= 15 is 0 Å². The molecule has 0 fully saturated rings. The first-order valence-electron chi connectivity index (χ1n) is 7.37. The van der Waals surface area contributed by atoms with E-state index in [1.807, 2.05) is 20.8 Å². The van der Waals surface area contributed by atoms with E-state index in [1.165, 1.54) is 16.7 Å². The Labute approximate surface area is 132 Å². The molecule has 0 atom stereocenters. The summed E-state index contributed by atoms with van der Waals surface area (Å²) in [4.78, 5) is 16.6. The molecule has 118 valence electrons. The molecule has 0 aliphatic heterocycles. The third kappa shape index (κ3) is 2.63. The van der Waals surface area contributed by atoms with Crippen LogP contribution >= 0.6 is 0 Å². The van der Waals surface area contributed by atoms with Crippen molar-refractivity contribution in [3.8, 4) is 5.69 Å². The van der Waals surface area contributed by atoms with Crippen LogP contribution < -0.4 is 5.56 Å². The Morgan fingerprint density at radius 2 is 1.87 bits per heavy atom. The van der Waals surface area contributed by atoms with Crippen LogP contribution in [0.5, 0.6) is 0 Å². The zero-order chi connectivity index (χ0) is 16.7. The Morgan fingerprint density at radius 1 is 1.13 bits per heavy atom. The van der Waals surface area contributed by atoms with Crippen molar-refractivity contribution < 1.29 is 8.78 Å². The topological polar surface area (TPSA) is 34.9 Å². The zero-order valence-corrected chi connectivity index (χ0v) is 13.1. The van der Waals surface area contributed by atoms with Crippen LogP contribution in [0.25, 0.3) is 16.6 Å². The normalized spacial score (nSPS) is 11.4. The third-order valence-corrected chi connectivity index (χ3v) is 3.84. The van der Waals surface area contributed by atoms with Crippen LogP contribution in [0.1, 0.15) is 30.9 Å². The summed E-state index contributed by atoms with van der Waals surface area (Å²) in [7, 11) is 0. The van der Waals surface area contributed by atoms with Crippen LogP contribution in [-0.2, 0) is 0 Å². The van der Waals surface area contributed by atoms with Crippen LogP contribution in [0.3, 0.4) is 0 Å². The van der Waals surface area contributed by atoms with Gasteiger partial charge in [-0.3, -0.25) is 9.36 Å². The van der Waals surface area contributed by atoms with E-state index in [0.717, 1.165) is 11.6 Å². The van der Waals surface area contributed by atoms with Gasteiger partial charge in [0, 0.05) is 6.20 Å². The molecule has 0 unspecified atom stereocenters. The SMILES string of the molecule is Cc1ccc(F)c(-n2cc(C(C)C)c3nc(F)ccc3c2=O)c1. The Bertz CT molecular complexity index is 961. The number of hydrogen-bond acceptors (Lipinski definition) is 2. The maximum absolute atomic E-state index is 14.2. The number of halogens is 2. The van der Waals surface area contributed by atoms with Crippen LogP contribution in [0, 0.1) is 18.7 Å². The highest BCUT2D eigenvalue weighted by Crippen LogP contribution is 2.24. The summed E-state index contributed by atoms with van der Waals surface area (Å²) < 4.78 is 28.9. The fraction of sp³-hybridized carbons (Fsp3) is 0.222. The van der Waals surface area contributed by atoms with Crippen LogP contribution in [0.4, 0.5) is 8.78 Å². The first kappa shape index (κ1) is 15.3. The summed E-state index contributed by atoms with van der Waals surface area (Å²) in [6.45, 7) is 5.67. The first-order valence-corrected chi connectivity index (χ1v) is 7.37. The number of hydrogen-bond donors (Lipinski definition) is 0. The Morgan fingerprint density at radius 3 is 2.57 bits per heavy atom. The van der Waals surface area contributed by atoms with Crippen molar-refractivity contribution >= 4 is 10.9 Å². The van der Waals surface area contributed by atoms with Gasteiger partial charge in [-0.15, -0.1) is 0 Å². The van der Waals surface area contributed by atoms with Gasteiger partial charge in [0.15, 0.2) is 0 Å². The summed E-state index contributed by atoms with van der Waals surface area (Å²) in [6.07, 6.45) is 1.56. The van der Waals surface area contributed by atoms with Crippen LogP contribution in [0.2, 0.25) is 0 Å². The second-order valence-electron chi connectivity index (χ2n) is 5.90. The monoisotopic (exact) mass is 314 g/mol. The number of benzene rings is 1. The third-order valence-electron chi connectivity index (χ3n) is 3.84. The molecular weight excluding hydrogens is 298 g/mol. The van der Waals surface area contributed by atoms with E-state index in [2.05, 4.69) is 4.98 Å². The van der Waals surface area contributed by atoms with Crippen molar-refractivity contribution in [2.75, 3.05) is 0 Å². The highest BCUT2D eigenvalue weighted by molar-refractivity contribution is 5.81. The van der Waals surface area contributed by atoms with Crippen molar-refractivity contribution in [1.82, 2.24) is 9.55 Å². The molecule has 0 aliphatic carbocycles. The minimum absolute atomic E-state index is 0.00604. The molecule has 0 aliphatic rings. The minimum Gasteiger partial charge on any atom is -0.280 e. The summed E-state index contributed by atoms with van der Waals surface area (Å²) in [5.41, 5.74) is 1.63. The van der Waals surface area contributed by atoms with E-state index < -0.39 is 17.3 Å². The fourth-order valence-electron chi connectivity index (χ4n) is 2.63. The molecule has 0 saturated carbocycles. The van der Waals surface area contributed by atoms with Gasteiger partial charge < -0.3 is 0 Å². The second kappa shape index (κ2) is 5.57. The molecular formula is C18H16F2N2O. The van der Waals surface area contributed by atoms with Gasteiger partial charge in [0.25, 0.3) is 5.56 Å². The predicted molar refractivity (Wildman–Crippen MR) is 86.1 cm³/mol. The number of aromatic nitrogens is 2. The molecule has 23 heavy (non-hydrogen) atoms. The van der Waals surface area contributed by atoms with Gasteiger partial charge >= 0.3 is 0 Å². The van der Waals surface area contributed by atoms with Gasteiger partial charge in [-0.25, -0.2) is 9.37 Å². The van der Waals surface area contributed by atoms with E-state index in [4.69, 9.17) is 0 Å². The largest absolute Gasteiger partial charge is 0.280 e. The maximum Gasteiger partial charge on any atom is 0.264 e. The molecule has 0 radical (unpaired) electrons. The smallest absolute Gasteiger partial charge is 0.264 e. The summed E-state index contributed by atoms with van der Waals surface area (Å²) >= 11 is 0. The van der Waals surface area contributed by atoms with E-state index in [1.54, 1.807) is 18.3 Å². The molecule has 0 saturated heterocycles. The molecule has 0 bridgehead atoms. The van der Waals surface area contributed by atoms with Gasteiger partial charge in [-0.2, -0.15) is 4.39 Å². The number of nitrogens with zero attached hydrogens (tertiary/aromatic N) is 2. The van der Waals surface area contributed by atoms with E-state index in [9.17, 15) is 13.6 Å². The average Bonchev–Trinajstić information content (AvgIpc) is 2.50. The highest BCUT2D eigenvalue weighted by atomic mass is 19.1. The Kier molecular flexibility index (Phi) is 3.72. The van der Waals surface area contributed by atoms with Gasteiger partial charge in [-0.05, 0) is 48.2 Å². The number of rotatable bonds is 2. The van der Waals surface area contributed by atoms with Crippen molar-refractivity contribution in [2.45, 2.75) is 26.7 Å². The fourth-order valence-corrected chi connectivity index (χ4v) is 2.63. The molecule has 3 rings (SSSR count). The van der Waals surface area contributed by atoms with Crippen LogP contribution in [0.15, 0.2) is 41.3 Å². The molecule has 0 spiro atoms. The van der Waals surface area contributed by atoms with Crippen LogP contribution in [-0.4, -0.2) is 9.55 Å². The lowest BCUT2D eigenvalue weighted by Gasteiger charge is -2.15. The number of pyridine rings is 2. The van der Waals surface area contributed by atoms with Gasteiger partial charge in [0.2, 0.25) is 5.95 Å². The molecule has 3 nitrogen and oxygen atoms in total. The van der Waals surface area contributed by atoms with Crippen molar-refractivity contribution in [3.05, 3.63) is 69.8 Å². The van der Waals surface area contributed by atoms with Crippen molar-refractivity contribution in [2.24, 2.45) is 0 Å². The zero-order valence-electron chi connectivity index (χ0n) is 13.1. The van der Waals surface area contributed by atoms with E-state index in [0.29, 0.717) is 11.1 Å². The van der Waals surface area contributed by atoms with Gasteiger partial charge in [0.1, 0.15) is 5.82 Å². The Hall–Kier alpha value is -2.56. The predicted octanol–water partition coefficient (Wildman–Crippen LogP) is 4.10.